The molecule has 100 valence electrons. The highest BCUT2D eigenvalue weighted by Gasteiger charge is 2.25. The van der Waals surface area contributed by atoms with Crippen LogP contribution in [-0.2, 0) is 4.74 Å². The van der Waals surface area contributed by atoms with Crippen LogP contribution in [0.25, 0.3) is 0 Å². The summed E-state index contributed by atoms with van der Waals surface area (Å²) in [7, 11) is 0. The molecule has 17 heavy (non-hydrogen) atoms. The number of urea groups is 1. The number of hydrogen-bond donors (Lipinski definition) is 2. The lowest BCUT2D eigenvalue weighted by Crippen LogP contribution is -2.51. The quantitative estimate of drug-likeness (QED) is 0.775. The molecule has 5 heteroatoms. The fourth-order valence-electron chi connectivity index (χ4n) is 1.86. The Balaban J connectivity index is 2.29. The van der Waals surface area contributed by atoms with Gasteiger partial charge in [0.25, 0.3) is 0 Å². The average Bonchev–Trinajstić information content (AvgIpc) is 2.24. The van der Waals surface area contributed by atoms with Crippen LogP contribution in [0, 0.1) is 0 Å². The standard InChI is InChI=1S/C12H25N3O2/c1-12(2,3)14-11(16)15-7-4-10(5-8-15)17-9-6-13/h10H,4-9,13H2,1-3H3,(H,14,16). The minimum Gasteiger partial charge on any atom is -0.377 e. The summed E-state index contributed by atoms with van der Waals surface area (Å²) in [4.78, 5) is 13.7. The van der Waals surface area contributed by atoms with Crippen molar-refractivity contribution < 1.29 is 9.53 Å². The zero-order chi connectivity index (χ0) is 12.9. The van der Waals surface area contributed by atoms with Crippen molar-refractivity contribution >= 4 is 6.03 Å². The molecule has 0 aliphatic carbocycles. The van der Waals surface area contributed by atoms with Crippen LogP contribution in [0.4, 0.5) is 4.79 Å². The van der Waals surface area contributed by atoms with Crippen LogP contribution in [-0.4, -0.2) is 48.8 Å². The van der Waals surface area contributed by atoms with Crippen LogP contribution < -0.4 is 11.1 Å². The Bertz CT molecular complexity index is 243. The van der Waals surface area contributed by atoms with Crippen molar-refractivity contribution in [3.05, 3.63) is 0 Å². The van der Waals surface area contributed by atoms with Gasteiger partial charge in [-0.2, -0.15) is 0 Å². The zero-order valence-electron chi connectivity index (χ0n) is 11.2. The molecule has 0 spiro atoms. The molecule has 0 aromatic rings. The van der Waals surface area contributed by atoms with E-state index in [1.54, 1.807) is 0 Å². The second kappa shape index (κ2) is 6.21. The molecule has 1 heterocycles. The normalized spacial score (nSPS) is 18.2. The number of rotatable bonds is 3. The molecule has 1 saturated heterocycles. The van der Waals surface area contributed by atoms with Gasteiger partial charge >= 0.3 is 6.03 Å². The van der Waals surface area contributed by atoms with E-state index in [1.807, 2.05) is 25.7 Å². The van der Waals surface area contributed by atoms with E-state index in [1.165, 1.54) is 0 Å². The smallest absolute Gasteiger partial charge is 0.317 e. The zero-order valence-corrected chi connectivity index (χ0v) is 11.2. The summed E-state index contributed by atoms with van der Waals surface area (Å²) in [6.07, 6.45) is 2.06. The molecule has 0 radical (unpaired) electrons. The van der Waals surface area contributed by atoms with Crippen molar-refractivity contribution in [3.63, 3.8) is 0 Å². The van der Waals surface area contributed by atoms with Crippen molar-refractivity contribution in [2.45, 2.75) is 45.3 Å². The van der Waals surface area contributed by atoms with Gasteiger partial charge in [-0.25, -0.2) is 4.79 Å². The van der Waals surface area contributed by atoms with Gasteiger partial charge in [0.05, 0.1) is 12.7 Å². The molecular formula is C12H25N3O2. The number of carbonyl (C=O) groups is 1. The van der Waals surface area contributed by atoms with Gasteiger partial charge in [-0.05, 0) is 33.6 Å². The Morgan fingerprint density at radius 3 is 2.47 bits per heavy atom. The van der Waals surface area contributed by atoms with E-state index in [9.17, 15) is 4.79 Å². The first-order valence-electron chi connectivity index (χ1n) is 6.31. The molecule has 0 aromatic carbocycles. The van der Waals surface area contributed by atoms with Gasteiger partial charge in [0.15, 0.2) is 0 Å². The van der Waals surface area contributed by atoms with Gasteiger partial charge in [0.2, 0.25) is 0 Å². The molecule has 3 N–H and O–H groups in total. The van der Waals surface area contributed by atoms with Gasteiger partial charge < -0.3 is 20.7 Å². The molecule has 0 unspecified atom stereocenters. The minimum atomic E-state index is -0.177. The number of nitrogens with zero attached hydrogens (tertiary/aromatic N) is 1. The van der Waals surface area contributed by atoms with Crippen LogP contribution in [0.3, 0.4) is 0 Å². The number of ether oxygens (including phenoxy) is 1. The lowest BCUT2D eigenvalue weighted by atomic mass is 10.1. The van der Waals surface area contributed by atoms with Crippen molar-refractivity contribution in [1.29, 1.82) is 0 Å². The lowest BCUT2D eigenvalue weighted by Gasteiger charge is -2.34. The van der Waals surface area contributed by atoms with Crippen LogP contribution in [0.1, 0.15) is 33.6 Å². The number of likely N-dealkylation sites (tertiary alicyclic amines) is 1. The van der Waals surface area contributed by atoms with Crippen LogP contribution >= 0.6 is 0 Å². The average molecular weight is 243 g/mol. The highest BCUT2D eigenvalue weighted by molar-refractivity contribution is 5.75. The minimum absolute atomic E-state index is 0.0229. The number of amides is 2. The number of nitrogens with two attached hydrogens (primary N) is 1. The molecule has 0 atom stereocenters. The second-order valence-electron chi connectivity index (χ2n) is 5.53. The third-order valence-electron chi connectivity index (χ3n) is 2.68. The molecule has 1 aliphatic rings. The third-order valence-corrected chi connectivity index (χ3v) is 2.68. The predicted octanol–water partition coefficient (Wildman–Crippen LogP) is 0.934. The van der Waals surface area contributed by atoms with E-state index >= 15 is 0 Å². The first-order valence-corrected chi connectivity index (χ1v) is 6.31. The maximum atomic E-state index is 11.9. The summed E-state index contributed by atoms with van der Waals surface area (Å²) in [6, 6.07) is 0.0229. The van der Waals surface area contributed by atoms with Crippen molar-refractivity contribution in [3.8, 4) is 0 Å². The van der Waals surface area contributed by atoms with E-state index in [2.05, 4.69) is 5.32 Å². The van der Waals surface area contributed by atoms with Crippen LogP contribution in [0.5, 0.6) is 0 Å². The van der Waals surface area contributed by atoms with Gasteiger partial charge in [0, 0.05) is 25.2 Å². The Kier molecular flexibility index (Phi) is 5.21. The van der Waals surface area contributed by atoms with Crippen LogP contribution in [0.2, 0.25) is 0 Å². The molecule has 1 fully saturated rings. The summed E-state index contributed by atoms with van der Waals surface area (Å²) in [5.74, 6) is 0. The summed E-state index contributed by atoms with van der Waals surface area (Å²) in [6.45, 7) is 8.66. The first-order chi connectivity index (χ1) is 7.92. The largest absolute Gasteiger partial charge is 0.377 e. The number of hydrogen-bond acceptors (Lipinski definition) is 3. The molecule has 0 bridgehead atoms. The molecule has 2 amide bonds. The SMILES string of the molecule is CC(C)(C)NC(=O)N1CCC(OCCN)CC1. The van der Waals surface area contributed by atoms with E-state index in [-0.39, 0.29) is 17.7 Å². The Morgan fingerprint density at radius 1 is 1.41 bits per heavy atom. The van der Waals surface area contributed by atoms with Crippen molar-refractivity contribution in [1.82, 2.24) is 10.2 Å². The maximum absolute atomic E-state index is 11.9. The molecule has 0 saturated carbocycles. The summed E-state index contributed by atoms with van der Waals surface area (Å²) >= 11 is 0. The van der Waals surface area contributed by atoms with E-state index in [0.717, 1.165) is 25.9 Å². The summed E-state index contributed by atoms with van der Waals surface area (Å²) in [5.41, 5.74) is 5.21. The third kappa shape index (κ3) is 5.37. The lowest BCUT2D eigenvalue weighted by molar-refractivity contribution is 0.0186. The molecule has 0 aromatic heterocycles. The highest BCUT2D eigenvalue weighted by atomic mass is 16.5. The Morgan fingerprint density at radius 2 is 2.00 bits per heavy atom. The predicted molar refractivity (Wildman–Crippen MR) is 67.9 cm³/mol. The van der Waals surface area contributed by atoms with Gasteiger partial charge in [0.1, 0.15) is 0 Å². The Hall–Kier alpha value is -0.810. The van der Waals surface area contributed by atoms with Gasteiger partial charge in [-0.3, -0.25) is 0 Å². The monoisotopic (exact) mass is 243 g/mol. The molecule has 1 rings (SSSR count). The van der Waals surface area contributed by atoms with Gasteiger partial charge in [-0.15, -0.1) is 0 Å². The van der Waals surface area contributed by atoms with Crippen LogP contribution in [0.15, 0.2) is 0 Å². The molecule has 5 nitrogen and oxygen atoms in total. The second-order valence-corrected chi connectivity index (χ2v) is 5.53. The van der Waals surface area contributed by atoms with Gasteiger partial charge in [-0.1, -0.05) is 0 Å². The van der Waals surface area contributed by atoms with E-state index in [4.69, 9.17) is 10.5 Å². The molecule has 1 aliphatic heterocycles. The maximum Gasteiger partial charge on any atom is 0.317 e. The number of nitrogens with one attached hydrogen (secondary N) is 1. The van der Waals surface area contributed by atoms with Crippen molar-refractivity contribution in [2.24, 2.45) is 5.73 Å². The first kappa shape index (κ1) is 14.3. The van der Waals surface area contributed by atoms with E-state index < -0.39 is 0 Å². The van der Waals surface area contributed by atoms with Crippen molar-refractivity contribution in [2.75, 3.05) is 26.2 Å². The molecular weight excluding hydrogens is 218 g/mol. The number of piperidine rings is 1. The topological polar surface area (TPSA) is 67.6 Å². The summed E-state index contributed by atoms with van der Waals surface area (Å²) < 4.78 is 5.58. The summed E-state index contributed by atoms with van der Waals surface area (Å²) in [5, 5.41) is 2.97. The fourth-order valence-corrected chi connectivity index (χ4v) is 1.86. The van der Waals surface area contributed by atoms with E-state index in [0.29, 0.717) is 13.2 Å². The number of carbonyl (C=O) groups excluding carboxylic acids is 1. The Labute approximate surface area is 104 Å². The highest BCUT2D eigenvalue weighted by Crippen LogP contribution is 2.14. The fraction of sp³-hybridized carbons (Fsp3) is 0.917.